The molecular weight excluding hydrogens is 400 g/mol. The molecule has 5 heteroatoms. The van der Waals surface area contributed by atoms with Crippen LogP contribution >= 0.6 is 0 Å². The third kappa shape index (κ3) is 3.98. The molecule has 164 valence electrons. The minimum absolute atomic E-state index is 0.324. The Labute approximate surface area is 188 Å². The molecule has 2 aromatic rings. The first-order chi connectivity index (χ1) is 15.6. The molecule has 0 bridgehead atoms. The fraction of sp³-hybridized carbons (Fsp3) is 0.259. The molecule has 0 saturated heterocycles. The van der Waals surface area contributed by atoms with Gasteiger partial charge in [0.1, 0.15) is 17.9 Å². The molecule has 4 rings (SSSR count). The molecule has 1 aliphatic heterocycles. The summed E-state index contributed by atoms with van der Waals surface area (Å²) in [6.07, 6.45) is 0. The van der Waals surface area contributed by atoms with Gasteiger partial charge in [0.15, 0.2) is 0 Å². The second kappa shape index (κ2) is 9.27. The van der Waals surface area contributed by atoms with E-state index in [9.17, 15) is 4.79 Å². The number of nitrogens with one attached hydrogen (secondary N) is 2. The van der Waals surface area contributed by atoms with Gasteiger partial charge in [-0.15, -0.1) is 0 Å². The Morgan fingerprint density at radius 2 is 1.84 bits per heavy atom. The molecule has 0 amide bonds. The van der Waals surface area contributed by atoms with Crippen LogP contribution in [0.5, 0.6) is 0 Å². The largest absolute Gasteiger partial charge is 0.462 e. The van der Waals surface area contributed by atoms with E-state index in [0.717, 1.165) is 63.1 Å². The van der Waals surface area contributed by atoms with Crippen molar-refractivity contribution >= 4 is 22.6 Å². The monoisotopic (exact) mass is 429 g/mol. The van der Waals surface area contributed by atoms with Gasteiger partial charge in [-0.25, -0.2) is 9.79 Å². The zero-order chi connectivity index (χ0) is 22.7. The fourth-order valence-electron chi connectivity index (χ4n) is 4.12. The van der Waals surface area contributed by atoms with Crippen LogP contribution in [-0.2, 0) is 4.74 Å². The van der Waals surface area contributed by atoms with Crippen LogP contribution in [-0.4, -0.2) is 25.7 Å². The molecule has 1 aliphatic carbocycles. The van der Waals surface area contributed by atoms with Gasteiger partial charge in [0, 0.05) is 40.4 Å². The minimum atomic E-state index is -0.324. The highest BCUT2D eigenvalue weighted by Crippen LogP contribution is 2.42. The highest BCUT2D eigenvalue weighted by Gasteiger charge is 2.23. The highest BCUT2D eigenvalue weighted by molar-refractivity contribution is 6.08. The lowest BCUT2D eigenvalue weighted by molar-refractivity contribution is -0.496. The zero-order valence-corrected chi connectivity index (χ0v) is 19.0. The third-order valence-electron chi connectivity index (χ3n) is 5.51. The van der Waals surface area contributed by atoms with Crippen molar-refractivity contribution < 1.29 is 18.9 Å². The summed E-state index contributed by atoms with van der Waals surface area (Å²) in [6, 6.07) is 17.9. The van der Waals surface area contributed by atoms with Gasteiger partial charge in [0.25, 0.3) is 0 Å². The average Bonchev–Trinajstić information content (AvgIpc) is 2.79. The van der Waals surface area contributed by atoms with E-state index >= 15 is 0 Å². The Hall–Kier alpha value is -3.60. The summed E-state index contributed by atoms with van der Waals surface area (Å²) in [7, 11) is 0. The number of hydrogen-bond acceptors (Lipinski definition) is 4. The van der Waals surface area contributed by atoms with Crippen LogP contribution in [0.2, 0.25) is 0 Å². The topological polar surface area (TPSA) is 65.4 Å². The fourth-order valence-corrected chi connectivity index (χ4v) is 4.12. The van der Waals surface area contributed by atoms with Crippen LogP contribution in [0.3, 0.4) is 0 Å². The van der Waals surface area contributed by atoms with Crippen LogP contribution in [0.25, 0.3) is 33.4 Å². The van der Waals surface area contributed by atoms with Crippen molar-refractivity contribution in [3.8, 4) is 22.5 Å². The third-order valence-corrected chi connectivity index (χ3v) is 5.51. The molecule has 0 spiro atoms. The van der Waals surface area contributed by atoms with Crippen molar-refractivity contribution in [2.45, 2.75) is 27.7 Å². The van der Waals surface area contributed by atoms with Crippen LogP contribution in [0.4, 0.5) is 5.69 Å². The molecule has 2 aromatic carbocycles. The number of aryl methyl sites for hydroxylation is 1. The standard InChI is InChI=1S/C27H28N2O3/c1-5-28-18-12-13-21-24(15-18)32-25-16-23(29-6-2)17(4)14-22(25)26(21)19-10-8-9-11-20(19)27(30)31-7-3/h8-16,28H,5-7H2,1-4H3/p+1. The van der Waals surface area contributed by atoms with Crippen molar-refractivity contribution in [2.75, 3.05) is 25.0 Å². The van der Waals surface area contributed by atoms with Gasteiger partial charge in [-0.05, 0) is 57.5 Å². The number of rotatable bonds is 6. The molecule has 0 atom stereocenters. The van der Waals surface area contributed by atoms with E-state index < -0.39 is 0 Å². The van der Waals surface area contributed by atoms with Gasteiger partial charge in [-0.2, -0.15) is 0 Å². The number of hydrogen-bond donors (Lipinski definition) is 2. The number of esters is 1. The molecule has 0 radical (unpaired) electrons. The molecule has 2 aliphatic rings. The molecule has 0 aromatic heterocycles. The predicted molar refractivity (Wildman–Crippen MR) is 128 cm³/mol. The van der Waals surface area contributed by atoms with E-state index in [1.807, 2.05) is 49.4 Å². The predicted octanol–water partition coefficient (Wildman–Crippen LogP) is 4.12. The maximum atomic E-state index is 12.8. The van der Waals surface area contributed by atoms with E-state index in [2.05, 4.69) is 43.2 Å². The molecule has 5 nitrogen and oxygen atoms in total. The number of ether oxygens (including phenoxy) is 1. The SMILES string of the molecule is CCNc1ccc2c(-c3ccccc3C(=O)OCC)c3cc(C)c(=[NH+]CC)cc-3oc2c1. The Kier molecular flexibility index (Phi) is 6.26. The zero-order valence-electron chi connectivity index (χ0n) is 19.0. The second-order valence-corrected chi connectivity index (χ2v) is 7.68. The maximum absolute atomic E-state index is 12.8. The van der Waals surface area contributed by atoms with E-state index in [4.69, 9.17) is 9.15 Å². The van der Waals surface area contributed by atoms with Gasteiger partial charge in [-0.1, -0.05) is 18.2 Å². The Morgan fingerprint density at radius 1 is 1.03 bits per heavy atom. The molecule has 0 saturated carbocycles. The van der Waals surface area contributed by atoms with Crippen LogP contribution < -0.4 is 15.7 Å². The van der Waals surface area contributed by atoms with Gasteiger partial charge in [0.2, 0.25) is 5.36 Å². The van der Waals surface area contributed by atoms with Gasteiger partial charge < -0.3 is 14.5 Å². The lowest BCUT2D eigenvalue weighted by Gasteiger charge is -2.18. The van der Waals surface area contributed by atoms with Gasteiger partial charge in [-0.3, -0.25) is 0 Å². The molecule has 0 fully saturated rings. The summed E-state index contributed by atoms with van der Waals surface area (Å²) in [4.78, 5) is 16.2. The normalized spacial score (nSPS) is 11.8. The second-order valence-electron chi connectivity index (χ2n) is 7.68. The van der Waals surface area contributed by atoms with Crippen molar-refractivity contribution in [1.29, 1.82) is 0 Å². The minimum Gasteiger partial charge on any atom is -0.462 e. The first kappa shape index (κ1) is 21.6. The molecule has 1 heterocycles. The summed E-state index contributed by atoms with van der Waals surface area (Å²) in [5.74, 6) is 0.441. The van der Waals surface area contributed by atoms with E-state index in [1.165, 1.54) is 0 Å². The summed E-state index contributed by atoms with van der Waals surface area (Å²) in [6.45, 7) is 10.0. The quantitative estimate of drug-likeness (QED) is 0.357. The Balaban J connectivity index is 2.12. The van der Waals surface area contributed by atoms with E-state index in [1.54, 1.807) is 0 Å². The number of fused-ring (bicyclic) bond motifs is 2. The first-order valence-electron chi connectivity index (χ1n) is 11.2. The lowest BCUT2D eigenvalue weighted by atomic mass is 9.90. The number of anilines is 1. The van der Waals surface area contributed by atoms with Crippen molar-refractivity contribution in [3.05, 3.63) is 71.1 Å². The number of carbonyl (C=O) groups excluding carboxylic acids is 1. The maximum Gasteiger partial charge on any atom is 0.338 e. The highest BCUT2D eigenvalue weighted by atomic mass is 16.5. The van der Waals surface area contributed by atoms with E-state index in [-0.39, 0.29) is 5.97 Å². The van der Waals surface area contributed by atoms with Crippen molar-refractivity contribution in [2.24, 2.45) is 0 Å². The smallest absolute Gasteiger partial charge is 0.338 e. The van der Waals surface area contributed by atoms with Crippen molar-refractivity contribution in [1.82, 2.24) is 0 Å². The summed E-state index contributed by atoms with van der Waals surface area (Å²) in [5, 5.41) is 5.34. The summed E-state index contributed by atoms with van der Waals surface area (Å²) >= 11 is 0. The Bertz CT molecular complexity index is 1320. The van der Waals surface area contributed by atoms with Crippen LogP contribution in [0.15, 0.2) is 59.0 Å². The first-order valence-corrected chi connectivity index (χ1v) is 11.2. The van der Waals surface area contributed by atoms with Crippen molar-refractivity contribution in [3.63, 3.8) is 0 Å². The summed E-state index contributed by atoms with van der Waals surface area (Å²) < 4.78 is 11.7. The van der Waals surface area contributed by atoms with Crippen LogP contribution in [0, 0.1) is 6.92 Å². The number of carbonyl (C=O) groups is 1. The van der Waals surface area contributed by atoms with Crippen LogP contribution in [0.1, 0.15) is 36.7 Å². The molecule has 32 heavy (non-hydrogen) atoms. The van der Waals surface area contributed by atoms with Gasteiger partial charge in [0.05, 0.1) is 18.2 Å². The lowest BCUT2D eigenvalue weighted by Crippen LogP contribution is -2.76. The average molecular weight is 430 g/mol. The number of benzene rings is 3. The molecule has 2 N–H and O–H groups in total. The Morgan fingerprint density at radius 3 is 2.59 bits per heavy atom. The van der Waals surface area contributed by atoms with Gasteiger partial charge >= 0.3 is 5.97 Å². The van der Waals surface area contributed by atoms with E-state index in [0.29, 0.717) is 12.2 Å². The molecule has 0 unspecified atom stereocenters. The summed E-state index contributed by atoms with van der Waals surface area (Å²) in [5.41, 5.74) is 6.19. The molecular formula is C27H29N2O3+.